The van der Waals surface area contributed by atoms with Gasteiger partial charge in [0.05, 0.1) is 11.4 Å². The lowest BCUT2D eigenvalue weighted by atomic mass is 9.93. The van der Waals surface area contributed by atoms with Crippen molar-refractivity contribution in [1.29, 1.82) is 0 Å². The SMILES string of the molecule is c1ccc(-c2ccc(-c3ccccc3N(c3ccc(-c4cccc5c4ccc4ccccc45)cc3)c3ccc(-c4ccccc4)cc3-c3ccccc3)cc2)cc1. The number of fused-ring (bicyclic) bond motifs is 3. The standard InChI is InChI=1S/C56H39N/c1-4-15-40(16-5-1)42-27-29-46(30-28-42)51-23-12-13-26-55(51)57(56-38-34-47(41-17-6-2-7-18-41)39-54(56)43-19-8-3-9-20-43)48-35-31-45(32-36-48)50-24-14-25-52-49-22-11-10-21-44(49)33-37-53(50)52/h1-39H. The Morgan fingerprint density at radius 3 is 1.44 bits per heavy atom. The zero-order chi connectivity index (χ0) is 38.0. The normalized spacial score (nSPS) is 11.2. The molecule has 0 heterocycles. The van der Waals surface area contributed by atoms with E-state index in [-0.39, 0.29) is 0 Å². The largest absolute Gasteiger partial charge is 0.309 e. The van der Waals surface area contributed by atoms with Crippen LogP contribution < -0.4 is 4.90 Å². The summed E-state index contributed by atoms with van der Waals surface area (Å²) >= 11 is 0. The summed E-state index contributed by atoms with van der Waals surface area (Å²) in [6.45, 7) is 0. The van der Waals surface area contributed by atoms with Gasteiger partial charge in [0, 0.05) is 16.8 Å². The highest BCUT2D eigenvalue weighted by Crippen LogP contribution is 2.46. The summed E-state index contributed by atoms with van der Waals surface area (Å²) in [6, 6.07) is 85.7. The zero-order valence-electron chi connectivity index (χ0n) is 31.5. The summed E-state index contributed by atoms with van der Waals surface area (Å²) in [5.74, 6) is 0. The molecule has 0 amide bonds. The summed E-state index contributed by atoms with van der Waals surface area (Å²) in [5.41, 5.74) is 15.2. The number of anilines is 3. The molecule has 0 bridgehead atoms. The van der Waals surface area contributed by atoms with E-state index in [1.165, 1.54) is 60.5 Å². The maximum Gasteiger partial charge on any atom is 0.0540 e. The lowest BCUT2D eigenvalue weighted by Gasteiger charge is -2.30. The zero-order valence-corrected chi connectivity index (χ0v) is 31.5. The van der Waals surface area contributed by atoms with Gasteiger partial charge in [-0.3, -0.25) is 0 Å². The Kier molecular flexibility index (Phi) is 8.95. The highest BCUT2D eigenvalue weighted by atomic mass is 15.1. The molecule has 0 fully saturated rings. The number of hydrogen-bond acceptors (Lipinski definition) is 1. The van der Waals surface area contributed by atoms with Gasteiger partial charge in [0.2, 0.25) is 0 Å². The van der Waals surface area contributed by atoms with Gasteiger partial charge in [-0.05, 0) is 96.4 Å². The molecular formula is C56H39N. The van der Waals surface area contributed by atoms with Crippen LogP contribution in [-0.2, 0) is 0 Å². The van der Waals surface area contributed by atoms with Gasteiger partial charge in [0.1, 0.15) is 0 Å². The van der Waals surface area contributed by atoms with Gasteiger partial charge in [-0.25, -0.2) is 0 Å². The van der Waals surface area contributed by atoms with E-state index in [9.17, 15) is 0 Å². The minimum atomic E-state index is 1.09. The van der Waals surface area contributed by atoms with Crippen molar-refractivity contribution in [2.45, 2.75) is 0 Å². The summed E-state index contributed by atoms with van der Waals surface area (Å²) in [7, 11) is 0. The summed E-state index contributed by atoms with van der Waals surface area (Å²) in [5, 5.41) is 5.07. The van der Waals surface area contributed by atoms with E-state index in [0.29, 0.717) is 0 Å². The van der Waals surface area contributed by atoms with E-state index in [2.05, 4.69) is 241 Å². The van der Waals surface area contributed by atoms with Crippen LogP contribution in [0.2, 0.25) is 0 Å². The van der Waals surface area contributed by atoms with Crippen LogP contribution in [0.1, 0.15) is 0 Å². The number of hydrogen-bond donors (Lipinski definition) is 0. The fourth-order valence-electron chi connectivity index (χ4n) is 8.27. The molecule has 0 N–H and O–H groups in total. The average Bonchev–Trinajstić information content (AvgIpc) is 3.30. The van der Waals surface area contributed by atoms with Crippen molar-refractivity contribution in [2.24, 2.45) is 0 Å². The first-order valence-electron chi connectivity index (χ1n) is 19.6. The molecule has 10 aromatic carbocycles. The minimum absolute atomic E-state index is 1.09. The quantitative estimate of drug-likeness (QED) is 0.141. The number of para-hydroxylation sites is 1. The van der Waals surface area contributed by atoms with Crippen molar-refractivity contribution >= 4 is 38.6 Å². The van der Waals surface area contributed by atoms with Crippen LogP contribution in [0.25, 0.3) is 77.2 Å². The Labute approximate surface area is 334 Å². The maximum atomic E-state index is 2.44. The first-order chi connectivity index (χ1) is 28.3. The van der Waals surface area contributed by atoms with Crippen LogP contribution in [0.5, 0.6) is 0 Å². The van der Waals surface area contributed by atoms with Gasteiger partial charge in [-0.1, -0.05) is 206 Å². The molecule has 0 saturated carbocycles. The van der Waals surface area contributed by atoms with Gasteiger partial charge in [-0.15, -0.1) is 0 Å². The smallest absolute Gasteiger partial charge is 0.0540 e. The second kappa shape index (κ2) is 15.0. The minimum Gasteiger partial charge on any atom is -0.309 e. The predicted molar refractivity (Wildman–Crippen MR) is 243 cm³/mol. The Balaban J connectivity index is 1.15. The third-order valence-corrected chi connectivity index (χ3v) is 11.1. The second-order valence-electron chi connectivity index (χ2n) is 14.5. The molecule has 10 rings (SSSR count). The molecule has 0 saturated heterocycles. The topological polar surface area (TPSA) is 3.24 Å². The van der Waals surface area contributed by atoms with Gasteiger partial charge in [-0.2, -0.15) is 0 Å². The summed E-state index contributed by atoms with van der Waals surface area (Å²) in [4.78, 5) is 2.44. The van der Waals surface area contributed by atoms with E-state index in [1.54, 1.807) is 0 Å². The lowest BCUT2D eigenvalue weighted by Crippen LogP contribution is -2.12. The first kappa shape index (κ1) is 34.0. The van der Waals surface area contributed by atoms with Gasteiger partial charge < -0.3 is 4.90 Å². The van der Waals surface area contributed by atoms with Crippen LogP contribution in [0.4, 0.5) is 17.1 Å². The number of nitrogens with zero attached hydrogens (tertiary/aromatic N) is 1. The van der Waals surface area contributed by atoms with Gasteiger partial charge in [0.25, 0.3) is 0 Å². The molecule has 10 aromatic rings. The Morgan fingerprint density at radius 1 is 0.228 bits per heavy atom. The molecular weight excluding hydrogens is 687 g/mol. The summed E-state index contributed by atoms with van der Waals surface area (Å²) in [6.07, 6.45) is 0. The molecule has 0 spiro atoms. The van der Waals surface area contributed by atoms with Crippen molar-refractivity contribution in [1.82, 2.24) is 0 Å². The monoisotopic (exact) mass is 725 g/mol. The molecule has 0 aliphatic heterocycles. The molecule has 0 aromatic heterocycles. The molecule has 0 aliphatic carbocycles. The van der Waals surface area contributed by atoms with Crippen LogP contribution in [-0.4, -0.2) is 0 Å². The third kappa shape index (κ3) is 6.56. The molecule has 0 atom stereocenters. The van der Waals surface area contributed by atoms with Crippen molar-refractivity contribution in [3.63, 3.8) is 0 Å². The Bertz CT molecular complexity index is 2970. The predicted octanol–water partition coefficient (Wildman–Crippen LogP) is 15.8. The molecule has 1 heteroatoms. The second-order valence-corrected chi connectivity index (χ2v) is 14.5. The van der Waals surface area contributed by atoms with Gasteiger partial charge >= 0.3 is 0 Å². The molecule has 0 radical (unpaired) electrons. The van der Waals surface area contributed by atoms with Crippen LogP contribution >= 0.6 is 0 Å². The lowest BCUT2D eigenvalue weighted by molar-refractivity contribution is 1.28. The van der Waals surface area contributed by atoms with Crippen LogP contribution in [0, 0.1) is 0 Å². The van der Waals surface area contributed by atoms with Crippen molar-refractivity contribution in [3.8, 4) is 55.6 Å². The Hall–Kier alpha value is -7.48. The first-order valence-corrected chi connectivity index (χ1v) is 19.6. The number of rotatable bonds is 8. The maximum absolute atomic E-state index is 2.44. The van der Waals surface area contributed by atoms with Crippen molar-refractivity contribution in [2.75, 3.05) is 4.90 Å². The highest BCUT2D eigenvalue weighted by molar-refractivity contribution is 6.12. The summed E-state index contributed by atoms with van der Waals surface area (Å²) < 4.78 is 0. The van der Waals surface area contributed by atoms with E-state index >= 15 is 0 Å². The Morgan fingerprint density at radius 2 is 0.702 bits per heavy atom. The van der Waals surface area contributed by atoms with Crippen LogP contribution in [0.15, 0.2) is 237 Å². The molecule has 57 heavy (non-hydrogen) atoms. The van der Waals surface area contributed by atoms with E-state index in [1.807, 2.05) is 0 Å². The molecule has 0 unspecified atom stereocenters. The van der Waals surface area contributed by atoms with E-state index in [4.69, 9.17) is 0 Å². The molecule has 0 aliphatic rings. The van der Waals surface area contributed by atoms with E-state index < -0.39 is 0 Å². The van der Waals surface area contributed by atoms with Crippen molar-refractivity contribution < 1.29 is 0 Å². The fourth-order valence-corrected chi connectivity index (χ4v) is 8.27. The average molecular weight is 726 g/mol. The molecule has 1 nitrogen and oxygen atoms in total. The van der Waals surface area contributed by atoms with Crippen LogP contribution in [0.3, 0.4) is 0 Å². The number of benzene rings is 10. The van der Waals surface area contributed by atoms with E-state index in [0.717, 1.165) is 33.8 Å². The fraction of sp³-hybridized carbons (Fsp3) is 0. The van der Waals surface area contributed by atoms with Crippen molar-refractivity contribution in [3.05, 3.63) is 237 Å². The van der Waals surface area contributed by atoms with Gasteiger partial charge in [0.15, 0.2) is 0 Å². The molecule has 268 valence electrons. The highest BCUT2D eigenvalue weighted by Gasteiger charge is 2.21. The third-order valence-electron chi connectivity index (χ3n) is 11.1.